The number of nitrogens with zero attached hydrogens (tertiary/aromatic N) is 4. The molecule has 7 rings (SSSR count). The average molecular weight is 935 g/mol. The Bertz CT molecular complexity index is 2710. The lowest BCUT2D eigenvalue weighted by atomic mass is 10.0. The third kappa shape index (κ3) is 13.1. The van der Waals surface area contributed by atoms with Gasteiger partial charge in [-0.3, -0.25) is 9.59 Å². The Morgan fingerprint density at radius 3 is 1.81 bits per heavy atom. The molecule has 68 heavy (non-hydrogen) atoms. The molecule has 364 valence electrons. The third-order valence-corrected chi connectivity index (χ3v) is 12.1. The Morgan fingerprint density at radius 2 is 1.26 bits per heavy atom. The van der Waals surface area contributed by atoms with Crippen LogP contribution in [0.5, 0.6) is 11.5 Å². The molecule has 0 spiro atoms. The minimum absolute atomic E-state index is 0.00325. The summed E-state index contributed by atoms with van der Waals surface area (Å²) in [4.78, 5) is 78.3. The molecule has 0 atom stereocenters. The van der Waals surface area contributed by atoms with Crippen LogP contribution in [-0.2, 0) is 38.6 Å². The summed E-state index contributed by atoms with van der Waals surface area (Å²) >= 11 is 0. The van der Waals surface area contributed by atoms with Gasteiger partial charge in [-0.2, -0.15) is 0 Å². The van der Waals surface area contributed by atoms with Gasteiger partial charge in [0.15, 0.2) is 11.5 Å². The van der Waals surface area contributed by atoms with Crippen molar-refractivity contribution in [3.05, 3.63) is 115 Å². The zero-order valence-electron chi connectivity index (χ0n) is 40.6. The van der Waals surface area contributed by atoms with Crippen LogP contribution in [-0.4, -0.2) is 101 Å². The molecule has 0 N–H and O–H groups in total. The number of benzene rings is 3. The van der Waals surface area contributed by atoms with Crippen LogP contribution >= 0.6 is 0 Å². The van der Waals surface area contributed by atoms with Crippen LogP contribution in [0.2, 0.25) is 0 Å². The largest absolute Gasteiger partial charge is 0.486 e. The van der Waals surface area contributed by atoms with Gasteiger partial charge in [0.1, 0.15) is 25.1 Å². The maximum absolute atomic E-state index is 13.4. The van der Waals surface area contributed by atoms with Gasteiger partial charge < -0.3 is 47.4 Å². The lowest BCUT2D eigenvalue weighted by molar-refractivity contribution is -0.108. The zero-order valence-corrected chi connectivity index (χ0v) is 40.6. The summed E-state index contributed by atoms with van der Waals surface area (Å²) in [5.74, 6) is 0.628. The van der Waals surface area contributed by atoms with Crippen molar-refractivity contribution in [2.75, 3.05) is 46.1 Å². The number of rotatable bonds is 16. The minimum atomic E-state index is -0.612. The Balaban J connectivity index is 0.000000289. The Hall–Kier alpha value is -6.48. The first-order valence-electron chi connectivity index (χ1n) is 23.8. The molecule has 1 amide bonds. The number of piperidine rings is 1. The fourth-order valence-corrected chi connectivity index (χ4v) is 8.37. The van der Waals surface area contributed by atoms with Crippen molar-refractivity contribution in [1.82, 2.24) is 18.9 Å². The molecule has 0 unspecified atom stereocenters. The van der Waals surface area contributed by atoms with E-state index in [1.54, 1.807) is 41.0 Å². The number of pyridine rings is 2. The van der Waals surface area contributed by atoms with Crippen molar-refractivity contribution in [3.63, 3.8) is 0 Å². The lowest BCUT2D eigenvalue weighted by Crippen LogP contribution is -2.49. The lowest BCUT2D eigenvalue weighted by Gasteiger charge is -2.39. The highest BCUT2D eigenvalue weighted by molar-refractivity contribution is 5.96. The molecule has 15 nitrogen and oxygen atoms in total. The van der Waals surface area contributed by atoms with Gasteiger partial charge in [0.25, 0.3) is 11.1 Å². The molecule has 1 saturated heterocycles. The van der Waals surface area contributed by atoms with E-state index in [1.165, 1.54) is 10.6 Å². The van der Waals surface area contributed by atoms with Crippen LogP contribution in [0.4, 0.5) is 4.79 Å². The molecule has 3 aromatic carbocycles. The highest BCUT2D eigenvalue weighted by atomic mass is 16.6. The maximum Gasteiger partial charge on any atom is 0.410 e. The summed E-state index contributed by atoms with van der Waals surface area (Å²) in [6.07, 6.45) is 5.41. The molecule has 2 aliphatic heterocycles. The molecular formula is C53H66N4O11. The van der Waals surface area contributed by atoms with Gasteiger partial charge in [-0.05, 0) is 113 Å². The summed E-state index contributed by atoms with van der Waals surface area (Å²) < 4.78 is 31.0. The first-order chi connectivity index (χ1) is 32.6. The van der Waals surface area contributed by atoms with Crippen molar-refractivity contribution in [2.45, 2.75) is 118 Å². The normalized spacial score (nSPS) is 13.9. The van der Waals surface area contributed by atoms with Gasteiger partial charge in [-0.25, -0.2) is 14.4 Å². The number of hydrogen-bond donors (Lipinski definition) is 0. The van der Waals surface area contributed by atoms with Crippen LogP contribution in [0, 0.1) is 13.8 Å². The van der Waals surface area contributed by atoms with Crippen molar-refractivity contribution >= 4 is 46.1 Å². The van der Waals surface area contributed by atoms with E-state index in [9.17, 15) is 28.8 Å². The SMILES string of the molecule is CCCCOC(=O)c1ccc2c(C)cc(=O)n(CC=O)c2c1.CCCCOC(=O)c1ccc2c(C)cc(=O)n(CCN3CCC(N(Cc4ccc5c(c4)OCCO5)C(=O)OC(C)(C)C)CC3)c2c1. The summed E-state index contributed by atoms with van der Waals surface area (Å²) in [6.45, 7) is 18.3. The fourth-order valence-electron chi connectivity index (χ4n) is 8.37. The number of esters is 2. The van der Waals surface area contributed by atoms with Gasteiger partial charge in [0.2, 0.25) is 0 Å². The van der Waals surface area contributed by atoms with E-state index >= 15 is 0 Å². The van der Waals surface area contributed by atoms with Crippen LogP contribution < -0.4 is 20.6 Å². The molecule has 1 fully saturated rings. The van der Waals surface area contributed by atoms with Gasteiger partial charge in [0.05, 0.1) is 41.9 Å². The summed E-state index contributed by atoms with van der Waals surface area (Å²) in [5.41, 5.74) is 3.83. The molecule has 2 aliphatic rings. The molecule has 0 radical (unpaired) electrons. The number of unbranched alkanes of at least 4 members (excludes halogenated alkanes) is 2. The molecule has 0 saturated carbocycles. The zero-order chi connectivity index (χ0) is 49.0. The average Bonchev–Trinajstić information content (AvgIpc) is 3.31. The van der Waals surface area contributed by atoms with E-state index in [0.717, 1.165) is 90.3 Å². The smallest absolute Gasteiger partial charge is 0.410 e. The van der Waals surface area contributed by atoms with Gasteiger partial charge >= 0.3 is 18.0 Å². The van der Waals surface area contributed by atoms with Crippen molar-refractivity contribution in [1.29, 1.82) is 0 Å². The molecular weight excluding hydrogens is 869 g/mol. The van der Waals surface area contributed by atoms with Crippen LogP contribution in [0.15, 0.2) is 76.3 Å². The number of likely N-dealkylation sites (tertiary alicyclic amines) is 1. The highest BCUT2D eigenvalue weighted by Gasteiger charge is 2.32. The third-order valence-electron chi connectivity index (χ3n) is 12.1. The predicted molar refractivity (Wildman–Crippen MR) is 261 cm³/mol. The topological polar surface area (TPSA) is 165 Å². The first kappa shape index (κ1) is 50.9. The number of hydrogen-bond acceptors (Lipinski definition) is 12. The predicted octanol–water partition coefficient (Wildman–Crippen LogP) is 8.41. The van der Waals surface area contributed by atoms with E-state index in [1.807, 2.05) is 77.6 Å². The van der Waals surface area contributed by atoms with Crippen molar-refractivity contribution in [3.8, 4) is 11.5 Å². The Labute approximate surface area is 397 Å². The number of ether oxygens (including phenoxy) is 5. The highest BCUT2D eigenvalue weighted by Crippen LogP contribution is 2.32. The number of aryl methyl sites for hydroxylation is 2. The van der Waals surface area contributed by atoms with E-state index < -0.39 is 11.6 Å². The molecule has 15 heteroatoms. The van der Waals surface area contributed by atoms with E-state index in [2.05, 4.69) is 4.90 Å². The summed E-state index contributed by atoms with van der Waals surface area (Å²) in [7, 11) is 0. The van der Waals surface area contributed by atoms with Crippen LogP contribution in [0.25, 0.3) is 21.8 Å². The summed E-state index contributed by atoms with van der Waals surface area (Å²) in [6, 6.07) is 19.5. The number of carbonyl (C=O) groups excluding carboxylic acids is 4. The van der Waals surface area contributed by atoms with Gasteiger partial charge in [-0.15, -0.1) is 0 Å². The van der Waals surface area contributed by atoms with E-state index in [-0.39, 0.29) is 35.8 Å². The molecule has 5 aromatic rings. The summed E-state index contributed by atoms with van der Waals surface area (Å²) in [5, 5.41) is 1.78. The number of aromatic nitrogens is 2. The monoisotopic (exact) mass is 934 g/mol. The maximum atomic E-state index is 13.4. The minimum Gasteiger partial charge on any atom is -0.486 e. The fraction of sp³-hybridized carbons (Fsp3) is 0.472. The van der Waals surface area contributed by atoms with Crippen LogP contribution in [0.1, 0.15) is 111 Å². The Morgan fingerprint density at radius 1 is 0.721 bits per heavy atom. The molecule has 0 bridgehead atoms. The second-order valence-corrected chi connectivity index (χ2v) is 18.4. The van der Waals surface area contributed by atoms with E-state index in [0.29, 0.717) is 74.7 Å². The molecule has 0 aliphatic carbocycles. The van der Waals surface area contributed by atoms with Crippen molar-refractivity contribution < 1.29 is 42.9 Å². The second-order valence-electron chi connectivity index (χ2n) is 18.4. The first-order valence-corrected chi connectivity index (χ1v) is 23.8. The van der Waals surface area contributed by atoms with Crippen molar-refractivity contribution in [2.24, 2.45) is 0 Å². The quantitative estimate of drug-likeness (QED) is 0.0402. The van der Waals surface area contributed by atoms with Gasteiger partial charge in [0, 0.05) is 61.7 Å². The number of carbonyl (C=O) groups is 4. The molecule has 4 heterocycles. The van der Waals surface area contributed by atoms with E-state index in [4.69, 9.17) is 23.7 Å². The Kier molecular flexibility index (Phi) is 17.6. The standard InChI is InChI=1S/C36H47N3O7.C17H19NO4/c1-6-7-18-45-34(41)27-9-10-29-25(2)21-33(40)38(30(29)23-27)17-16-37-14-12-28(13-15-37)39(35(42)46-36(3,4)5)24-26-8-11-31-32(22-26)44-20-19-43-31;1-3-4-9-22-17(21)13-5-6-14-12(2)10-16(20)18(7-8-19)15(14)11-13/h8-11,21-23,28H,6-7,12-20,24H2,1-5H3;5-6,8,10-11H,3-4,7,9H2,1-2H3. The number of fused-ring (bicyclic) bond motifs is 3. The van der Waals surface area contributed by atoms with Crippen LogP contribution in [0.3, 0.4) is 0 Å². The number of aldehydes is 1. The second kappa shape index (κ2) is 23.5. The number of amides is 1. The van der Waals surface area contributed by atoms with Gasteiger partial charge in [-0.1, -0.05) is 44.9 Å². The molecule has 2 aromatic heterocycles.